The van der Waals surface area contributed by atoms with Crippen LogP contribution in [0.2, 0.25) is 5.02 Å². The van der Waals surface area contributed by atoms with E-state index in [2.05, 4.69) is 10.5 Å². The summed E-state index contributed by atoms with van der Waals surface area (Å²) in [6.07, 6.45) is 1.51. The van der Waals surface area contributed by atoms with E-state index in [9.17, 15) is 9.90 Å². The SMILES string of the molecule is O=C(N/N=C/c1ccc(OCc2ccccc2Cl)cc1)c1ccccc1O. The summed E-state index contributed by atoms with van der Waals surface area (Å²) in [5, 5.41) is 14.2. The van der Waals surface area contributed by atoms with Crippen LogP contribution in [0.15, 0.2) is 77.9 Å². The highest BCUT2D eigenvalue weighted by Crippen LogP contribution is 2.19. The normalized spacial score (nSPS) is 10.7. The van der Waals surface area contributed by atoms with Gasteiger partial charge in [-0.25, -0.2) is 5.43 Å². The van der Waals surface area contributed by atoms with Crippen molar-refractivity contribution >= 4 is 23.7 Å². The van der Waals surface area contributed by atoms with Crippen LogP contribution >= 0.6 is 11.6 Å². The zero-order valence-corrected chi connectivity index (χ0v) is 15.1. The summed E-state index contributed by atoms with van der Waals surface area (Å²) < 4.78 is 5.72. The van der Waals surface area contributed by atoms with Crippen molar-refractivity contribution in [3.05, 3.63) is 94.5 Å². The van der Waals surface area contributed by atoms with Crippen LogP contribution in [0.3, 0.4) is 0 Å². The number of nitrogens with one attached hydrogen (secondary N) is 1. The van der Waals surface area contributed by atoms with Gasteiger partial charge in [0.05, 0.1) is 11.8 Å². The minimum atomic E-state index is -0.482. The molecule has 0 aliphatic heterocycles. The zero-order valence-electron chi connectivity index (χ0n) is 14.3. The predicted octanol–water partition coefficient (Wildman–Crippen LogP) is 4.39. The highest BCUT2D eigenvalue weighted by Gasteiger charge is 2.08. The van der Waals surface area contributed by atoms with Gasteiger partial charge in [-0.05, 0) is 48.0 Å². The number of phenols is 1. The lowest BCUT2D eigenvalue weighted by Crippen LogP contribution is -2.17. The van der Waals surface area contributed by atoms with Gasteiger partial charge in [-0.1, -0.05) is 41.9 Å². The largest absolute Gasteiger partial charge is 0.507 e. The Morgan fingerprint density at radius 1 is 1.04 bits per heavy atom. The molecule has 0 aliphatic rings. The third kappa shape index (κ3) is 5.09. The summed E-state index contributed by atoms with van der Waals surface area (Å²) in [5.41, 5.74) is 4.25. The fourth-order valence-electron chi connectivity index (χ4n) is 2.32. The second-order valence-electron chi connectivity index (χ2n) is 5.67. The highest BCUT2D eigenvalue weighted by atomic mass is 35.5. The molecule has 0 spiro atoms. The number of hydrogen-bond donors (Lipinski definition) is 2. The molecule has 27 heavy (non-hydrogen) atoms. The second-order valence-corrected chi connectivity index (χ2v) is 6.07. The van der Waals surface area contributed by atoms with E-state index in [0.717, 1.165) is 11.1 Å². The molecular formula is C21H17ClN2O3. The lowest BCUT2D eigenvalue weighted by Gasteiger charge is -2.07. The van der Waals surface area contributed by atoms with Gasteiger partial charge in [-0.3, -0.25) is 4.79 Å². The number of hydrazone groups is 1. The number of carbonyl (C=O) groups is 1. The molecule has 136 valence electrons. The van der Waals surface area contributed by atoms with E-state index < -0.39 is 5.91 Å². The average Bonchev–Trinajstić information content (AvgIpc) is 2.68. The minimum Gasteiger partial charge on any atom is -0.507 e. The molecule has 3 aromatic carbocycles. The van der Waals surface area contributed by atoms with Crippen LogP contribution in [-0.2, 0) is 6.61 Å². The first-order valence-electron chi connectivity index (χ1n) is 8.21. The van der Waals surface area contributed by atoms with Crippen molar-refractivity contribution in [3.63, 3.8) is 0 Å². The molecule has 0 bridgehead atoms. The van der Waals surface area contributed by atoms with Crippen LogP contribution in [0.5, 0.6) is 11.5 Å². The maximum atomic E-state index is 11.9. The first kappa shape index (κ1) is 18.5. The fraction of sp³-hybridized carbons (Fsp3) is 0.0476. The number of phenolic OH excluding ortho intramolecular Hbond substituents is 1. The third-order valence-corrected chi connectivity index (χ3v) is 4.13. The zero-order chi connectivity index (χ0) is 19.1. The Morgan fingerprint density at radius 2 is 1.74 bits per heavy atom. The highest BCUT2D eigenvalue weighted by molar-refractivity contribution is 6.31. The number of para-hydroxylation sites is 1. The number of nitrogens with zero attached hydrogens (tertiary/aromatic N) is 1. The van der Waals surface area contributed by atoms with Gasteiger partial charge >= 0.3 is 0 Å². The molecule has 0 radical (unpaired) electrons. The molecule has 0 aromatic heterocycles. The Bertz CT molecular complexity index is 956. The molecule has 0 unspecified atom stereocenters. The number of aromatic hydroxyl groups is 1. The monoisotopic (exact) mass is 380 g/mol. The van der Waals surface area contributed by atoms with Crippen molar-refractivity contribution in [2.24, 2.45) is 5.10 Å². The predicted molar refractivity (Wildman–Crippen MR) is 105 cm³/mol. The first-order chi connectivity index (χ1) is 13.1. The number of ether oxygens (including phenoxy) is 1. The smallest absolute Gasteiger partial charge is 0.275 e. The summed E-state index contributed by atoms with van der Waals surface area (Å²) in [4.78, 5) is 11.9. The number of carbonyl (C=O) groups excluding carboxylic acids is 1. The van der Waals surface area contributed by atoms with Gasteiger partial charge in [-0.2, -0.15) is 5.10 Å². The van der Waals surface area contributed by atoms with Gasteiger partial charge in [0, 0.05) is 10.6 Å². The topological polar surface area (TPSA) is 70.9 Å². The summed E-state index contributed by atoms with van der Waals surface area (Å²) in [6.45, 7) is 0.379. The molecule has 6 heteroatoms. The average molecular weight is 381 g/mol. The molecule has 0 heterocycles. The van der Waals surface area contributed by atoms with E-state index in [1.807, 2.05) is 48.5 Å². The number of benzene rings is 3. The molecule has 0 saturated heterocycles. The fourth-order valence-corrected chi connectivity index (χ4v) is 2.51. The lowest BCUT2D eigenvalue weighted by molar-refractivity contribution is 0.0952. The molecule has 5 nitrogen and oxygen atoms in total. The van der Waals surface area contributed by atoms with Gasteiger partial charge in [0.25, 0.3) is 5.91 Å². The number of hydrogen-bond acceptors (Lipinski definition) is 4. The van der Waals surface area contributed by atoms with Gasteiger partial charge < -0.3 is 9.84 Å². The van der Waals surface area contributed by atoms with E-state index in [0.29, 0.717) is 17.4 Å². The maximum Gasteiger partial charge on any atom is 0.275 e. The Balaban J connectivity index is 1.54. The summed E-state index contributed by atoms with van der Waals surface area (Å²) in [7, 11) is 0. The van der Waals surface area contributed by atoms with Crippen molar-refractivity contribution < 1.29 is 14.6 Å². The Labute approximate surface area is 161 Å². The van der Waals surface area contributed by atoms with E-state index in [-0.39, 0.29) is 11.3 Å². The van der Waals surface area contributed by atoms with Crippen molar-refractivity contribution in [1.29, 1.82) is 0 Å². The quantitative estimate of drug-likeness (QED) is 0.492. The molecule has 0 atom stereocenters. The molecule has 3 aromatic rings. The van der Waals surface area contributed by atoms with Crippen molar-refractivity contribution in [2.75, 3.05) is 0 Å². The summed E-state index contributed by atoms with van der Waals surface area (Å²) in [6, 6.07) is 21.0. The Kier molecular flexibility index (Phi) is 6.07. The molecule has 1 amide bonds. The first-order valence-corrected chi connectivity index (χ1v) is 8.59. The maximum absolute atomic E-state index is 11.9. The molecule has 2 N–H and O–H groups in total. The molecule has 0 fully saturated rings. The Morgan fingerprint density at radius 3 is 2.48 bits per heavy atom. The molecule has 0 aliphatic carbocycles. The lowest BCUT2D eigenvalue weighted by atomic mass is 10.2. The van der Waals surface area contributed by atoms with Crippen LogP contribution in [0.4, 0.5) is 0 Å². The van der Waals surface area contributed by atoms with Crippen LogP contribution in [0.25, 0.3) is 0 Å². The number of rotatable bonds is 6. The van der Waals surface area contributed by atoms with Crippen LogP contribution in [0, 0.1) is 0 Å². The van der Waals surface area contributed by atoms with Gasteiger partial charge in [0.2, 0.25) is 0 Å². The van der Waals surface area contributed by atoms with Crippen molar-refractivity contribution in [1.82, 2.24) is 5.43 Å². The van der Waals surface area contributed by atoms with E-state index in [1.54, 1.807) is 12.1 Å². The van der Waals surface area contributed by atoms with Crippen LogP contribution in [-0.4, -0.2) is 17.2 Å². The van der Waals surface area contributed by atoms with E-state index >= 15 is 0 Å². The molecular weight excluding hydrogens is 364 g/mol. The summed E-state index contributed by atoms with van der Waals surface area (Å²) >= 11 is 6.10. The van der Waals surface area contributed by atoms with Crippen LogP contribution < -0.4 is 10.2 Å². The Hall–Kier alpha value is -3.31. The van der Waals surface area contributed by atoms with Gasteiger partial charge in [0.1, 0.15) is 18.1 Å². The molecule has 0 saturated carbocycles. The second kappa shape index (κ2) is 8.87. The van der Waals surface area contributed by atoms with Gasteiger partial charge in [0.15, 0.2) is 0 Å². The van der Waals surface area contributed by atoms with Crippen molar-refractivity contribution in [3.8, 4) is 11.5 Å². The summed E-state index contributed by atoms with van der Waals surface area (Å²) in [5.74, 6) is 0.125. The number of halogens is 1. The standard InChI is InChI=1S/C21H17ClN2O3/c22-19-7-3-1-5-16(19)14-27-17-11-9-15(10-12-17)13-23-24-21(26)18-6-2-4-8-20(18)25/h1-13,25H,14H2,(H,24,26)/b23-13+. The molecule has 3 rings (SSSR count). The van der Waals surface area contributed by atoms with E-state index in [1.165, 1.54) is 18.3 Å². The number of amides is 1. The van der Waals surface area contributed by atoms with E-state index in [4.69, 9.17) is 16.3 Å². The van der Waals surface area contributed by atoms with Crippen molar-refractivity contribution in [2.45, 2.75) is 6.61 Å². The van der Waals surface area contributed by atoms with Gasteiger partial charge in [-0.15, -0.1) is 0 Å². The third-order valence-electron chi connectivity index (χ3n) is 3.76. The van der Waals surface area contributed by atoms with Crippen LogP contribution in [0.1, 0.15) is 21.5 Å². The minimum absolute atomic E-state index is 0.0924.